The summed E-state index contributed by atoms with van der Waals surface area (Å²) < 4.78 is 5.63. The van der Waals surface area contributed by atoms with Gasteiger partial charge in [-0.1, -0.05) is 26.2 Å². The fourth-order valence-corrected chi connectivity index (χ4v) is 5.21. The summed E-state index contributed by atoms with van der Waals surface area (Å²) in [5.41, 5.74) is -0.0560. The third-order valence-corrected chi connectivity index (χ3v) is 5.70. The van der Waals surface area contributed by atoms with Crippen molar-refractivity contribution in [3.05, 3.63) is 0 Å². The number of esters is 1. The zero-order valence-electron chi connectivity index (χ0n) is 12.3. The highest BCUT2D eigenvalue weighted by molar-refractivity contribution is 5.77. The van der Waals surface area contributed by atoms with E-state index in [-0.39, 0.29) is 11.4 Å². The highest BCUT2D eigenvalue weighted by Crippen LogP contribution is 2.60. The van der Waals surface area contributed by atoms with Gasteiger partial charge in [0, 0.05) is 0 Å². The van der Waals surface area contributed by atoms with Crippen molar-refractivity contribution in [2.45, 2.75) is 71.1 Å². The van der Waals surface area contributed by atoms with E-state index in [0.717, 1.165) is 43.4 Å². The Kier molecular flexibility index (Phi) is 3.86. The SMILES string of the molecule is CCCCCCOC(=O)C12CC3CC(CC(C3)C1)C2. The van der Waals surface area contributed by atoms with Gasteiger partial charge < -0.3 is 4.74 Å². The summed E-state index contributed by atoms with van der Waals surface area (Å²) in [5, 5.41) is 0. The van der Waals surface area contributed by atoms with E-state index < -0.39 is 0 Å². The van der Waals surface area contributed by atoms with Crippen LogP contribution in [0.2, 0.25) is 0 Å². The Morgan fingerprint density at radius 2 is 1.58 bits per heavy atom. The molecule has 4 aliphatic rings. The average Bonchev–Trinajstić information content (AvgIpc) is 2.36. The first-order valence-electron chi connectivity index (χ1n) is 8.39. The van der Waals surface area contributed by atoms with Gasteiger partial charge in [-0.2, -0.15) is 0 Å². The molecule has 0 aromatic heterocycles. The van der Waals surface area contributed by atoms with E-state index >= 15 is 0 Å². The Hall–Kier alpha value is -0.530. The van der Waals surface area contributed by atoms with Crippen molar-refractivity contribution in [3.63, 3.8) is 0 Å². The summed E-state index contributed by atoms with van der Waals surface area (Å²) >= 11 is 0. The highest BCUT2D eigenvalue weighted by Gasteiger charge is 2.55. The van der Waals surface area contributed by atoms with Crippen LogP contribution in [-0.2, 0) is 9.53 Å². The van der Waals surface area contributed by atoms with Crippen molar-refractivity contribution in [1.82, 2.24) is 0 Å². The first-order valence-corrected chi connectivity index (χ1v) is 8.39. The molecular formula is C17H28O2. The van der Waals surface area contributed by atoms with Gasteiger partial charge in [-0.15, -0.1) is 0 Å². The zero-order chi connectivity index (χ0) is 13.3. The van der Waals surface area contributed by atoms with Crippen LogP contribution < -0.4 is 0 Å². The van der Waals surface area contributed by atoms with Crippen molar-refractivity contribution >= 4 is 5.97 Å². The predicted molar refractivity (Wildman–Crippen MR) is 75.7 cm³/mol. The Labute approximate surface area is 117 Å². The van der Waals surface area contributed by atoms with Gasteiger partial charge >= 0.3 is 5.97 Å². The molecule has 4 aliphatic carbocycles. The molecule has 0 saturated heterocycles. The van der Waals surface area contributed by atoms with Crippen molar-refractivity contribution in [2.24, 2.45) is 23.2 Å². The Bertz CT molecular complexity index is 299. The van der Waals surface area contributed by atoms with Gasteiger partial charge in [-0.3, -0.25) is 4.79 Å². The van der Waals surface area contributed by atoms with Gasteiger partial charge in [0.2, 0.25) is 0 Å². The summed E-state index contributed by atoms with van der Waals surface area (Å²) in [6, 6.07) is 0. The van der Waals surface area contributed by atoms with Crippen LogP contribution in [0.5, 0.6) is 0 Å². The molecule has 4 bridgehead atoms. The van der Waals surface area contributed by atoms with E-state index in [1.807, 2.05) is 0 Å². The molecule has 4 fully saturated rings. The molecule has 4 rings (SSSR count). The molecule has 19 heavy (non-hydrogen) atoms. The smallest absolute Gasteiger partial charge is 0.312 e. The van der Waals surface area contributed by atoms with Crippen LogP contribution in [0.25, 0.3) is 0 Å². The topological polar surface area (TPSA) is 26.3 Å². The summed E-state index contributed by atoms with van der Waals surface area (Å²) in [6.07, 6.45) is 12.3. The van der Waals surface area contributed by atoms with E-state index in [4.69, 9.17) is 4.74 Å². The first kappa shape index (κ1) is 13.5. The summed E-state index contributed by atoms with van der Waals surface area (Å²) in [7, 11) is 0. The lowest BCUT2D eigenvalue weighted by Gasteiger charge is -2.55. The molecule has 0 unspecified atom stereocenters. The second-order valence-electron chi connectivity index (χ2n) is 7.39. The van der Waals surface area contributed by atoms with Crippen LogP contribution in [-0.4, -0.2) is 12.6 Å². The van der Waals surface area contributed by atoms with Crippen LogP contribution in [0, 0.1) is 23.2 Å². The minimum absolute atomic E-state index is 0.0560. The van der Waals surface area contributed by atoms with E-state index in [1.54, 1.807) is 0 Å². The van der Waals surface area contributed by atoms with Crippen LogP contribution in [0.3, 0.4) is 0 Å². The quantitative estimate of drug-likeness (QED) is 0.527. The van der Waals surface area contributed by atoms with Crippen LogP contribution in [0.15, 0.2) is 0 Å². The number of carbonyl (C=O) groups is 1. The highest BCUT2D eigenvalue weighted by atomic mass is 16.5. The molecule has 0 radical (unpaired) electrons. The number of unbranched alkanes of at least 4 members (excludes halogenated alkanes) is 3. The van der Waals surface area contributed by atoms with Crippen LogP contribution >= 0.6 is 0 Å². The number of hydrogen-bond acceptors (Lipinski definition) is 2. The minimum atomic E-state index is -0.0560. The molecule has 0 atom stereocenters. The Morgan fingerprint density at radius 1 is 1.00 bits per heavy atom. The molecule has 0 amide bonds. The molecule has 0 spiro atoms. The normalized spacial score (nSPS) is 39.5. The maximum Gasteiger partial charge on any atom is 0.312 e. The number of hydrogen-bond donors (Lipinski definition) is 0. The van der Waals surface area contributed by atoms with Gasteiger partial charge in [-0.05, 0) is 62.7 Å². The zero-order valence-corrected chi connectivity index (χ0v) is 12.3. The van der Waals surface area contributed by atoms with Crippen LogP contribution in [0.1, 0.15) is 71.1 Å². The third-order valence-electron chi connectivity index (χ3n) is 5.70. The van der Waals surface area contributed by atoms with Gasteiger partial charge in [-0.25, -0.2) is 0 Å². The second kappa shape index (κ2) is 5.46. The van der Waals surface area contributed by atoms with E-state index in [0.29, 0.717) is 6.61 Å². The van der Waals surface area contributed by atoms with Gasteiger partial charge in [0.15, 0.2) is 0 Å². The molecule has 108 valence electrons. The summed E-state index contributed by atoms with van der Waals surface area (Å²) in [4.78, 5) is 12.5. The fraction of sp³-hybridized carbons (Fsp3) is 0.941. The molecule has 0 aromatic rings. The molecule has 2 nitrogen and oxygen atoms in total. The first-order chi connectivity index (χ1) is 9.22. The van der Waals surface area contributed by atoms with Crippen molar-refractivity contribution in [3.8, 4) is 0 Å². The van der Waals surface area contributed by atoms with Gasteiger partial charge in [0.1, 0.15) is 0 Å². The molecule has 4 saturated carbocycles. The Morgan fingerprint density at radius 3 is 2.11 bits per heavy atom. The monoisotopic (exact) mass is 264 g/mol. The minimum Gasteiger partial charge on any atom is -0.465 e. The van der Waals surface area contributed by atoms with Crippen molar-refractivity contribution < 1.29 is 9.53 Å². The molecule has 0 aliphatic heterocycles. The molecule has 0 aromatic carbocycles. The second-order valence-corrected chi connectivity index (χ2v) is 7.39. The third kappa shape index (κ3) is 2.68. The number of rotatable bonds is 6. The van der Waals surface area contributed by atoms with E-state index in [1.165, 1.54) is 38.5 Å². The fourth-order valence-electron chi connectivity index (χ4n) is 5.21. The van der Waals surface area contributed by atoms with Crippen LogP contribution in [0.4, 0.5) is 0 Å². The van der Waals surface area contributed by atoms with Gasteiger partial charge in [0.05, 0.1) is 12.0 Å². The van der Waals surface area contributed by atoms with Crippen molar-refractivity contribution in [1.29, 1.82) is 0 Å². The predicted octanol–water partition coefficient (Wildman–Crippen LogP) is 4.33. The largest absolute Gasteiger partial charge is 0.465 e. The molecule has 2 heteroatoms. The van der Waals surface area contributed by atoms with Gasteiger partial charge in [0.25, 0.3) is 0 Å². The van der Waals surface area contributed by atoms with E-state index in [2.05, 4.69) is 6.92 Å². The number of carbonyl (C=O) groups excluding carboxylic acids is 1. The maximum absolute atomic E-state index is 12.5. The lowest BCUT2D eigenvalue weighted by atomic mass is 9.49. The van der Waals surface area contributed by atoms with E-state index in [9.17, 15) is 4.79 Å². The number of ether oxygens (including phenoxy) is 1. The Balaban J connectivity index is 1.52. The molecule has 0 N–H and O–H groups in total. The average molecular weight is 264 g/mol. The summed E-state index contributed by atoms with van der Waals surface area (Å²) in [6.45, 7) is 2.86. The molecule has 0 heterocycles. The summed E-state index contributed by atoms with van der Waals surface area (Å²) in [5.74, 6) is 2.65. The molecular weight excluding hydrogens is 236 g/mol. The standard InChI is InChI=1S/C17H28O2/c1-2-3-4-5-6-19-16(18)17-10-13-7-14(11-17)9-15(8-13)12-17/h13-15H,2-12H2,1H3. The lowest BCUT2D eigenvalue weighted by molar-refractivity contribution is -0.171. The maximum atomic E-state index is 12.5. The van der Waals surface area contributed by atoms with Crippen molar-refractivity contribution in [2.75, 3.05) is 6.61 Å². The lowest BCUT2D eigenvalue weighted by Crippen LogP contribution is -2.50.